The van der Waals surface area contributed by atoms with Gasteiger partial charge in [0.15, 0.2) is 0 Å². The van der Waals surface area contributed by atoms with Gasteiger partial charge in [0.05, 0.1) is 0 Å². The highest BCUT2D eigenvalue weighted by Gasteiger charge is 2.05. The monoisotopic (exact) mass is 287 g/mol. The molecule has 1 nitrogen and oxygen atoms in total. The van der Waals surface area contributed by atoms with Gasteiger partial charge in [0.25, 0.3) is 0 Å². The van der Waals surface area contributed by atoms with E-state index >= 15 is 0 Å². The molecule has 0 amide bonds. The normalized spacial score (nSPS) is 12.8. The summed E-state index contributed by atoms with van der Waals surface area (Å²) in [7, 11) is 0. The Hall–Kier alpha value is 0.01000. The maximum atomic E-state index is 5.72. The lowest BCUT2D eigenvalue weighted by Gasteiger charge is -2.11. The van der Waals surface area contributed by atoms with Gasteiger partial charge in [-0.05, 0) is 29.7 Å². The van der Waals surface area contributed by atoms with E-state index in [1.807, 2.05) is 11.8 Å². The molecule has 1 rings (SSSR count). The van der Waals surface area contributed by atoms with Crippen molar-refractivity contribution in [2.75, 3.05) is 5.75 Å². The zero-order chi connectivity index (χ0) is 11.3. The first-order valence-electron chi connectivity index (χ1n) is 5.28. The van der Waals surface area contributed by atoms with Crippen molar-refractivity contribution in [3.8, 4) is 0 Å². The third-order valence-electron chi connectivity index (χ3n) is 2.46. The van der Waals surface area contributed by atoms with Crippen LogP contribution in [0.3, 0.4) is 0 Å². The predicted molar refractivity (Wildman–Crippen MR) is 72.2 cm³/mol. The molecule has 0 spiro atoms. The van der Waals surface area contributed by atoms with Crippen molar-refractivity contribution in [1.29, 1.82) is 0 Å². The van der Waals surface area contributed by atoms with E-state index < -0.39 is 0 Å². The van der Waals surface area contributed by atoms with Crippen LogP contribution in [0.15, 0.2) is 27.6 Å². The molecule has 3 heteroatoms. The number of hydrogen-bond donors (Lipinski definition) is 1. The Balaban J connectivity index is 2.67. The Morgan fingerprint density at radius 2 is 2.20 bits per heavy atom. The minimum Gasteiger partial charge on any atom is -0.326 e. The first-order valence-corrected chi connectivity index (χ1v) is 7.06. The Morgan fingerprint density at radius 1 is 1.47 bits per heavy atom. The fourth-order valence-corrected chi connectivity index (χ4v) is 2.80. The first kappa shape index (κ1) is 13.1. The smallest absolute Gasteiger partial charge is 0.0189 e. The SMILES string of the molecule is CCC(C)CSc1ccc(Br)cc1CN. The largest absolute Gasteiger partial charge is 0.326 e. The fraction of sp³-hybridized carbons (Fsp3) is 0.500. The van der Waals surface area contributed by atoms with Crippen LogP contribution in [0.25, 0.3) is 0 Å². The summed E-state index contributed by atoms with van der Waals surface area (Å²) in [6.07, 6.45) is 1.24. The minimum atomic E-state index is 0.613. The molecule has 0 aromatic heterocycles. The van der Waals surface area contributed by atoms with E-state index in [2.05, 4.69) is 48.0 Å². The van der Waals surface area contributed by atoms with Crippen LogP contribution in [-0.4, -0.2) is 5.75 Å². The van der Waals surface area contributed by atoms with Gasteiger partial charge in [-0.15, -0.1) is 11.8 Å². The number of benzene rings is 1. The van der Waals surface area contributed by atoms with Gasteiger partial charge in [-0.25, -0.2) is 0 Å². The van der Waals surface area contributed by atoms with E-state index in [-0.39, 0.29) is 0 Å². The number of rotatable bonds is 5. The predicted octanol–water partition coefficient (Wildman–Crippen LogP) is 4.05. The summed E-state index contributed by atoms with van der Waals surface area (Å²) in [5.41, 5.74) is 6.96. The van der Waals surface area contributed by atoms with E-state index in [1.165, 1.54) is 22.6 Å². The zero-order valence-electron chi connectivity index (χ0n) is 9.29. The van der Waals surface area contributed by atoms with Crippen molar-refractivity contribution in [1.82, 2.24) is 0 Å². The van der Waals surface area contributed by atoms with E-state index in [0.29, 0.717) is 6.54 Å². The third kappa shape index (κ3) is 4.17. The van der Waals surface area contributed by atoms with Crippen molar-refractivity contribution in [3.05, 3.63) is 28.2 Å². The maximum absolute atomic E-state index is 5.72. The van der Waals surface area contributed by atoms with Gasteiger partial charge in [0.1, 0.15) is 0 Å². The molecular formula is C12H18BrNS. The van der Waals surface area contributed by atoms with E-state index in [9.17, 15) is 0 Å². The van der Waals surface area contributed by atoms with Crippen LogP contribution in [-0.2, 0) is 6.54 Å². The van der Waals surface area contributed by atoms with Crippen LogP contribution in [0.4, 0.5) is 0 Å². The highest BCUT2D eigenvalue weighted by molar-refractivity contribution is 9.10. The molecule has 0 aliphatic rings. The molecule has 0 radical (unpaired) electrons. The number of hydrogen-bond acceptors (Lipinski definition) is 2. The molecule has 1 unspecified atom stereocenters. The topological polar surface area (TPSA) is 26.0 Å². The van der Waals surface area contributed by atoms with Gasteiger partial charge in [-0.3, -0.25) is 0 Å². The zero-order valence-corrected chi connectivity index (χ0v) is 11.7. The van der Waals surface area contributed by atoms with Crippen molar-refractivity contribution >= 4 is 27.7 Å². The Labute approximate surface area is 105 Å². The molecule has 0 saturated carbocycles. The molecule has 0 heterocycles. The molecule has 1 atom stereocenters. The third-order valence-corrected chi connectivity index (χ3v) is 4.40. The molecule has 1 aromatic carbocycles. The summed E-state index contributed by atoms with van der Waals surface area (Å²) in [5.74, 6) is 1.94. The summed E-state index contributed by atoms with van der Waals surface area (Å²) in [6, 6.07) is 6.34. The second-order valence-corrected chi connectivity index (χ2v) is 5.76. The average molecular weight is 288 g/mol. The number of thioether (sulfide) groups is 1. The van der Waals surface area contributed by atoms with Gasteiger partial charge in [-0.2, -0.15) is 0 Å². The van der Waals surface area contributed by atoms with Gasteiger partial charge >= 0.3 is 0 Å². The summed E-state index contributed by atoms with van der Waals surface area (Å²) >= 11 is 5.38. The van der Waals surface area contributed by atoms with Crippen LogP contribution in [0, 0.1) is 5.92 Å². The maximum Gasteiger partial charge on any atom is 0.0189 e. The van der Waals surface area contributed by atoms with Gasteiger partial charge in [0.2, 0.25) is 0 Å². The Kier molecular flexibility index (Phi) is 5.72. The molecule has 84 valence electrons. The highest BCUT2D eigenvalue weighted by Crippen LogP contribution is 2.27. The standard InChI is InChI=1S/C12H18BrNS/c1-3-9(2)8-15-12-5-4-11(13)6-10(12)7-14/h4-6,9H,3,7-8,14H2,1-2H3. The fourth-order valence-electron chi connectivity index (χ4n) is 1.20. The average Bonchev–Trinajstić information content (AvgIpc) is 2.26. The number of nitrogens with two attached hydrogens (primary N) is 1. The second-order valence-electron chi connectivity index (χ2n) is 3.78. The van der Waals surface area contributed by atoms with Crippen LogP contribution in [0.5, 0.6) is 0 Å². The van der Waals surface area contributed by atoms with Crippen molar-refractivity contribution in [3.63, 3.8) is 0 Å². The summed E-state index contributed by atoms with van der Waals surface area (Å²) in [5, 5.41) is 0. The van der Waals surface area contributed by atoms with Crippen LogP contribution >= 0.6 is 27.7 Å². The minimum absolute atomic E-state index is 0.613. The van der Waals surface area contributed by atoms with Gasteiger partial charge in [0, 0.05) is 21.7 Å². The van der Waals surface area contributed by atoms with Crippen LogP contribution < -0.4 is 5.73 Å². The molecule has 0 fully saturated rings. The van der Waals surface area contributed by atoms with Gasteiger partial charge < -0.3 is 5.73 Å². The molecule has 2 N–H and O–H groups in total. The summed E-state index contributed by atoms with van der Waals surface area (Å²) in [6.45, 7) is 5.13. The highest BCUT2D eigenvalue weighted by atomic mass is 79.9. The van der Waals surface area contributed by atoms with Crippen LogP contribution in [0.1, 0.15) is 25.8 Å². The number of halogens is 1. The van der Waals surface area contributed by atoms with E-state index in [4.69, 9.17) is 5.73 Å². The quantitative estimate of drug-likeness (QED) is 0.827. The Bertz CT molecular complexity index is 314. The molecule has 0 aliphatic carbocycles. The van der Waals surface area contributed by atoms with Crippen LogP contribution in [0.2, 0.25) is 0 Å². The van der Waals surface area contributed by atoms with Crippen molar-refractivity contribution in [2.45, 2.75) is 31.7 Å². The Morgan fingerprint density at radius 3 is 2.80 bits per heavy atom. The molecule has 0 aliphatic heterocycles. The van der Waals surface area contributed by atoms with E-state index in [1.54, 1.807) is 0 Å². The summed E-state index contributed by atoms with van der Waals surface area (Å²) in [4.78, 5) is 1.32. The first-order chi connectivity index (χ1) is 7.17. The lowest BCUT2D eigenvalue weighted by atomic mass is 10.2. The lowest BCUT2D eigenvalue weighted by molar-refractivity contribution is 0.637. The lowest BCUT2D eigenvalue weighted by Crippen LogP contribution is -2.00. The molecule has 15 heavy (non-hydrogen) atoms. The summed E-state index contributed by atoms with van der Waals surface area (Å²) < 4.78 is 1.11. The van der Waals surface area contributed by atoms with Crippen molar-refractivity contribution in [2.24, 2.45) is 11.7 Å². The second kappa shape index (κ2) is 6.56. The van der Waals surface area contributed by atoms with Gasteiger partial charge in [-0.1, -0.05) is 36.2 Å². The molecule has 0 bridgehead atoms. The molecular weight excluding hydrogens is 270 g/mol. The van der Waals surface area contributed by atoms with E-state index in [0.717, 1.165) is 10.4 Å². The molecule has 1 aromatic rings. The molecule has 0 saturated heterocycles. The van der Waals surface area contributed by atoms with Crippen molar-refractivity contribution < 1.29 is 0 Å².